The van der Waals surface area contributed by atoms with E-state index >= 15 is 0 Å². The fraction of sp³-hybridized carbons (Fsp3) is 0.214. The highest BCUT2D eigenvalue weighted by molar-refractivity contribution is 6.23. The van der Waals surface area contributed by atoms with E-state index in [0.29, 0.717) is 5.69 Å². The third kappa shape index (κ3) is 3.21. The largest absolute Gasteiger partial charge is 0.274 e. The second-order valence-electron chi connectivity index (χ2n) is 8.61. The highest BCUT2D eigenvalue weighted by atomic mass is 16.2. The number of nitrogens with zero attached hydrogens (tertiary/aromatic N) is 1. The van der Waals surface area contributed by atoms with Gasteiger partial charge in [-0.1, -0.05) is 84.9 Å². The number of imide groups is 1. The Balaban J connectivity index is 1.65. The van der Waals surface area contributed by atoms with Crippen molar-refractivity contribution >= 4 is 17.5 Å². The first kappa shape index (κ1) is 19.5. The number of rotatable bonds is 3. The van der Waals surface area contributed by atoms with Gasteiger partial charge < -0.3 is 0 Å². The fourth-order valence-corrected chi connectivity index (χ4v) is 5.13. The minimum Gasteiger partial charge on any atom is -0.274 e. The van der Waals surface area contributed by atoms with Gasteiger partial charge in [0.05, 0.1) is 17.5 Å². The molecule has 2 amide bonds. The molecule has 0 unspecified atom stereocenters. The summed E-state index contributed by atoms with van der Waals surface area (Å²) in [5.74, 6) is -1.24. The van der Waals surface area contributed by atoms with E-state index in [2.05, 4.69) is 12.2 Å². The molecule has 0 bridgehead atoms. The fourth-order valence-electron chi connectivity index (χ4n) is 5.13. The van der Waals surface area contributed by atoms with Crippen LogP contribution in [-0.2, 0) is 9.59 Å². The Bertz CT molecular complexity index is 1100. The molecule has 4 atom stereocenters. The van der Waals surface area contributed by atoms with Crippen molar-refractivity contribution in [2.45, 2.75) is 25.7 Å². The molecule has 5 rings (SSSR count). The Morgan fingerprint density at radius 2 is 1.13 bits per heavy atom. The lowest BCUT2D eigenvalue weighted by atomic mass is 9.68. The van der Waals surface area contributed by atoms with Gasteiger partial charge in [-0.2, -0.15) is 0 Å². The average Bonchev–Trinajstić information content (AvgIpc) is 3.07. The van der Waals surface area contributed by atoms with Crippen LogP contribution in [0.25, 0.3) is 0 Å². The molecular weight excluding hydrogens is 382 g/mol. The summed E-state index contributed by atoms with van der Waals surface area (Å²) in [5, 5.41) is 0. The summed E-state index contributed by atoms with van der Waals surface area (Å²) < 4.78 is 0. The molecule has 154 valence electrons. The zero-order valence-corrected chi connectivity index (χ0v) is 17.7. The van der Waals surface area contributed by atoms with Crippen LogP contribution in [0.5, 0.6) is 0 Å². The van der Waals surface area contributed by atoms with Crippen molar-refractivity contribution in [3.05, 3.63) is 113 Å². The number of fused-ring (bicyclic) bond motifs is 1. The van der Waals surface area contributed by atoms with Crippen LogP contribution >= 0.6 is 0 Å². The van der Waals surface area contributed by atoms with E-state index in [9.17, 15) is 9.59 Å². The maximum absolute atomic E-state index is 13.8. The number of carbonyl (C=O) groups excluding carboxylic acids is 2. The van der Waals surface area contributed by atoms with E-state index < -0.39 is 11.8 Å². The molecule has 0 spiro atoms. The number of hydrogen-bond donors (Lipinski definition) is 0. The van der Waals surface area contributed by atoms with Gasteiger partial charge >= 0.3 is 0 Å². The van der Waals surface area contributed by atoms with Gasteiger partial charge in [0, 0.05) is 11.8 Å². The van der Waals surface area contributed by atoms with E-state index in [1.807, 2.05) is 92.7 Å². The Morgan fingerprint density at radius 1 is 0.645 bits per heavy atom. The Kier molecular flexibility index (Phi) is 4.82. The molecule has 1 heterocycles. The average molecular weight is 408 g/mol. The number of carbonyl (C=O) groups is 2. The summed E-state index contributed by atoms with van der Waals surface area (Å²) in [6.07, 6.45) is 4.26. The second-order valence-corrected chi connectivity index (χ2v) is 8.61. The number of aryl methyl sites for hydroxylation is 2. The van der Waals surface area contributed by atoms with E-state index in [1.54, 1.807) is 0 Å². The summed E-state index contributed by atoms with van der Waals surface area (Å²) in [6.45, 7) is 3.95. The first-order chi connectivity index (χ1) is 15.1. The van der Waals surface area contributed by atoms with Crippen LogP contribution in [0.1, 0.15) is 34.1 Å². The summed E-state index contributed by atoms with van der Waals surface area (Å²) in [7, 11) is 0. The molecule has 3 nitrogen and oxygen atoms in total. The van der Waals surface area contributed by atoms with Crippen LogP contribution in [0.2, 0.25) is 0 Å². The standard InChI is InChI=1S/C28H25NO2/c1-18-13-14-19(2)24(17-18)29-27(30)25-22(20-9-5-3-6-10-20)15-16-23(26(25)28(29)31)21-11-7-4-8-12-21/h3-17,22-23,25-26H,1-2H3/t22-,23+,25-,26-/m1/s1. The smallest absolute Gasteiger partial charge is 0.238 e. The number of benzene rings is 3. The van der Waals surface area contributed by atoms with Crippen molar-refractivity contribution < 1.29 is 9.59 Å². The van der Waals surface area contributed by atoms with Crippen molar-refractivity contribution in [2.24, 2.45) is 11.8 Å². The molecule has 1 aliphatic carbocycles. The number of hydrogen-bond acceptors (Lipinski definition) is 2. The summed E-state index contributed by atoms with van der Waals surface area (Å²) >= 11 is 0. The van der Waals surface area contributed by atoms with Crippen LogP contribution in [0.15, 0.2) is 91.0 Å². The van der Waals surface area contributed by atoms with Gasteiger partial charge in [-0.05, 0) is 42.2 Å². The minimum atomic E-state index is -0.412. The molecule has 0 N–H and O–H groups in total. The lowest BCUT2D eigenvalue weighted by Crippen LogP contribution is -2.32. The van der Waals surface area contributed by atoms with Gasteiger partial charge in [0.1, 0.15) is 0 Å². The van der Waals surface area contributed by atoms with Crippen LogP contribution in [-0.4, -0.2) is 11.8 Å². The Labute approximate surface area is 183 Å². The van der Waals surface area contributed by atoms with Gasteiger partial charge in [-0.3, -0.25) is 9.59 Å². The maximum Gasteiger partial charge on any atom is 0.238 e. The number of allylic oxidation sites excluding steroid dienone is 2. The third-order valence-corrected chi connectivity index (χ3v) is 6.67. The predicted molar refractivity (Wildman–Crippen MR) is 123 cm³/mol. The molecule has 0 aromatic heterocycles. The summed E-state index contributed by atoms with van der Waals surface area (Å²) in [5.41, 5.74) is 4.83. The third-order valence-electron chi connectivity index (χ3n) is 6.67. The van der Waals surface area contributed by atoms with Crippen LogP contribution < -0.4 is 4.90 Å². The van der Waals surface area contributed by atoms with Crippen molar-refractivity contribution in [2.75, 3.05) is 4.90 Å². The quantitative estimate of drug-likeness (QED) is 0.422. The molecule has 3 aromatic carbocycles. The first-order valence-electron chi connectivity index (χ1n) is 10.8. The molecular formula is C28H25NO2. The zero-order chi connectivity index (χ0) is 21.5. The Morgan fingerprint density at radius 3 is 1.61 bits per heavy atom. The van der Waals surface area contributed by atoms with Crippen molar-refractivity contribution in [3.63, 3.8) is 0 Å². The maximum atomic E-state index is 13.8. The second kappa shape index (κ2) is 7.66. The lowest BCUT2D eigenvalue weighted by Gasteiger charge is -2.32. The van der Waals surface area contributed by atoms with Gasteiger partial charge in [0.15, 0.2) is 0 Å². The number of amides is 2. The molecule has 1 saturated heterocycles. The van der Waals surface area contributed by atoms with Gasteiger partial charge in [-0.15, -0.1) is 0 Å². The van der Waals surface area contributed by atoms with Crippen molar-refractivity contribution in [1.82, 2.24) is 0 Å². The summed E-state index contributed by atoms with van der Waals surface area (Å²) in [6, 6.07) is 26.1. The lowest BCUT2D eigenvalue weighted by molar-refractivity contribution is -0.122. The SMILES string of the molecule is Cc1ccc(C)c(N2C(=O)[C@H]3[C@H](C2=O)[C@H](c2ccccc2)C=C[C@@H]3c2ccccc2)c1. The number of anilines is 1. The molecule has 0 radical (unpaired) electrons. The molecule has 1 aliphatic heterocycles. The van der Waals surface area contributed by atoms with Crippen LogP contribution in [0.3, 0.4) is 0 Å². The van der Waals surface area contributed by atoms with E-state index in [-0.39, 0.29) is 23.7 Å². The summed E-state index contributed by atoms with van der Waals surface area (Å²) in [4.78, 5) is 29.1. The van der Waals surface area contributed by atoms with E-state index in [4.69, 9.17) is 0 Å². The predicted octanol–water partition coefficient (Wildman–Crippen LogP) is 5.55. The van der Waals surface area contributed by atoms with Crippen LogP contribution in [0, 0.1) is 25.7 Å². The topological polar surface area (TPSA) is 37.4 Å². The first-order valence-corrected chi connectivity index (χ1v) is 10.8. The normalized spacial score (nSPS) is 25.0. The van der Waals surface area contributed by atoms with Gasteiger partial charge in [0.2, 0.25) is 11.8 Å². The molecule has 3 heteroatoms. The van der Waals surface area contributed by atoms with E-state index in [0.717, 1.165) is 22.3 Å². The highest BCUT2D eigenvalue weighted by Crippen LogP contribution is 2.50. The van der Waals surface area contributed by atoms with Gasteiger partial charge in [-0.25, -0.2) is 4.90 Å². The molecule has 1 fully saturated rings. The highest BCUT2D eigenvalue weighted by Gasteiger charge is 2.55. The molecule has 0 saturated carbocycles. The van der Waals surface area contributed by atoms with Crippen molar-refractivity contribution in [3.8, 4) is 0 Å². The van der Waals surface area contributed by atoms with Crippen molar-refractivity contribution in [1.29, 1.82) is 0 Å². The van der Waals surface area contributed by atoms with Gasteiger partial charge in [0.25, 0.3) is 0 Å². The van der Waals surface area contributed by atoms with E-state index in [1.165, 1.54) is 4.90 Å². The monoisotopic (exact) mass is 407 g/mol. The Hall–Kier alpha value is -3.46. The zero-order valence-electron chi connectivity index (χ0n) is 17.7. The molecule has 2 aliphatic rings. The van der Waals surface area contributed by atoms with Crippen LogP contribution in [0.4, 0.5) is 5.69 Å². The minimum absolute atomic E-state index is 0.0946. The molecule has 31 heavy (non-hydrogen) atoms. The molecule has 3 aromatic rings.